The van der Waals surface area contributed by atoms with Gasteiger partial charge in [-0.15, -0.1) is 0 Å². The van der Waals surface area contributed by atoms with Crippen LogP contribution in [0.3, 0.4) is 0 Å². The lowest BCUT2D eigenvalue weighted by atomic mass is 9.83. The molecular formula is C20H19I3O3. The van der Waals surface area contributed by atoms with Crippen molar-refractivity contribution in [1.82, 2.24) is 0 Å². The van der Waals surface area contributed by atoms with Crippen molar-refractivity contribution in [1.29, 1.82) is 0 Å². The number of phenols is 1. The standard InChI is InChI=1S/C20H19I3O3/c21-16-9-10-17(22)19(23)18(16)20(25)26-15-7-3-13(4-8-15)11-12-1-5-14(24)6-2-12/h1-2,5-6,9-10,13,15,24H,3-4,7-8,11H2. The maximum Gasteiger partial charge on any atom is 0.340 e. The van der Waals surface area contributed by atoms with Crippen molar-refractivity contribution < 1.29 is 14.6 Å². The third kappa shape index (κ3) is 5.24. The SMILES string of the molecule is O=C(OC1CCC(Cc2ccc(O)cc2)CC1)c1c(I)ccc(I)c1I. The normalized spacial score (nSPS) is 20.0. The second-order valence-electron chi connectivity index (χ2n) is 6.64. The number of halogens is 3. The maximum atomic E-state index is 12.7. The van der Waals surface area contributed by atoms with Crippen molar-refractivity contribution in [2.24, 2.45) is 5.92 Å². The number of rotatable bonds is 4. The zero-order valence-electron chi connectivity index (χ0n) is 14.1. The van der Waals surface area contributed by atoms with Crippen LogP contribution in [0.5, 0.6) is 5.75 Å². The van der Waals surface area contributed by atoms with Crippen LogP contribution in [0.1, 0.15) is 41.6 Å². The number of carbonyl (C=O) groups is 1. The second-order valence-corrected chi connectivity index (χ2v) is 10.0. The molecule has 1 aliphatic rings. The molecule has 0 heterocycles. The molecule has 0 unspecified atom stereocenters. The summed E-state index contributed by atoms with van der Waals surface area (Å²) in [5, 5.41) is 9.38. The Morgan fingerprint density at radius 2 is 1.58 bits per heavy atom. The van der Waals surface area contributed by atoms with Crippen molar-refractivity contribution in [3.63, 3.8) is 0 Å². The van der Waals surface area contributed by atoms with E-state index in [1.807, 2.05) is 24.3 Å². The van der Waals surface area contributed by atoms with Gasteiger partial charge in [0.25, 0.3) is 0 Å². The Hall–Kier alpha value is -0.1000. The molecule has 1 N–H and O–H groups in total. The highest BCUT2D eigenvalue weighted by atomic mass is 127. The minimum absolute atomic E-state index is 0.0167. The van der Waals surface area contributed by atoms with E-state index >= 15 is 0 Å². The zero-order chi connectivity index (χ0) is 18.7. The van der Waals surface area contributed by atoms with Gasteiger partial charge in [-0.3, -0.25) is 0 Å². The predicted octanol–water partition coefficient (Wildman–Crippen LogP) is 6.16. The molecular weight excluding hydrogens is 669 g/mol. The Kier molecular flexibility index (Phi) is 7.46. The smallest absolute Gasteiger partial charge is 0.340 e. The average molecular weight is 688 g/mol. The first-order chi connectivity index (χ1) is 12.4. The molecule has 0 aliphatic heterocycles. The molecule has 0 radical (unpaired) electrons. The number of aromatic hydroxyl groups is 1. The van der Waals surface area contributed by atoms with E-state index in [1.165, 1.54) is 5.56 Å². The Morgan fingerprint density at radius 3 is 2.23 bits per heavy atom. The zero-order valence-corrected chi connectivity index (χ0v) is 20.5. The molecule has 6 heteroatoms. The van der Waals surface area contributed by atoms with Gasteiger partial charge < -0.3 is 9.84 Å². The Bertz CT molecular complexity index is 782. The summed E-state index contributed by atoms with van der Waals surface area (Å²) in [7, 11) is 0. The number of hydrogen-bond acceptors (Lipinski definition) is 3. The highest BCUT2D eigenvalue weighted by Crippen LogP contribution is 2.31. The van der Waals surface area contributed by atoms with E-state index in [0.29, 0.717) is 17.2 Å². The van der Waals surface area contributed by atoms with E-state index in [4.69, 9.17) is 4.74 Å². The molecule has 1 aliphatic carbocycles. The fraction of sp³-hybridized carbons (Fsp3) is 0.350. The maximum absolute atomic E-state index is 12.7. The van der Waals surface area contributed by atoms with Gasteiger partial charge >= 0.3 is 5.97 Å². The summed E-state index contributed by atoms with van der Waals surface area (Å²) >= 11 is 6.68. The molecule has 0 amide bonds. The Labute approximate surface area is 194 Å². The van der Waals surface area contributed by atoms with Crippen molar-refractivity contribution in [2.45, 2.75) is 38.2 Å². The van der Waals surface area contributed by atoms with E-state index in [2.05, 4.69) is 67.8 Å². The first kappa shape index (κ1) is 20.6. The summed E-state index contributed by atoms with van der Waals surface area (Å²) in [6.45, 7) is 0. The third-order valence-electron chi connectivity index (χ3n) is 4.78. The van der Waals surface area contributed by atoms with Gasteiger partial charge in [0.1, 0.15) is 11.9 Å². The minimum Gasteiger partial charge on any atom is -0.508 e. The van der Waals surface area contributed by atoms with Gasteiger partial charge in [-0.1, -0.05) is 12.1 Å². The molecule has 0 aromatic heterocycles. The number of phenolic OH excluding ortho intramolecular Hbond substituents is 1. The van der Waals surface area contributed by atoms with Crippen LogP contribution in [-0.2, 0) is 11.2 Å². The molecule has 0 spiro atoms. The van der Waals surface area contributed by atoms with Crippen molar-refractivity contribution >= 4 is 73.7 Å². The Morgan fingerprint density at radius 1 is 0.962 bits per heavy atom. The van der Waals surface area contributed by atoms with Gasteiger partial charge in [-0.2, -0.15) is 0 Å². The third-order valence-corrected chi connectivity index (χ3v) is 8.73. The quantitative estimate of drug-likeness (QED) is 0.238. The first-order valence-electron chi connectivity index (χ1n) is 8.56. The monoisotopic (exact) mass is 688 g/mol. The fourth-order valence-electron chi connectivity index (χ4n) is 3.34. The van der Waals surface area contributed by atoms with Crippen LogP contribution < -0.4 is 0 Å². The topological polar surface area (TPSA) is 46.5 Å². The molecule has 1 fully saturated rings. The van der Waals surface area contributed by atoms with Gasteiger partial charge in [0.2, 0.25) is 0 Å². The van der Waals surface area contributed by atoms with Crippen LogP contribution in [0.4, 0.5) is 0 Å². The second kappa shape index (κ2) is 9.40. The van der Waals surface area contributed by atoms with Crippen LogP contribution >= 0.6 is 67.8 Å². The Balaban J connectivity index is 1.55. The lowest BCUT2D eigenvalue weighted by molar-refractivity contribution is 0.0163. The molecule has 0 atom stereocenters. The van der Waals surface area contributed by atoms with Crippen molar-refractivity contribution in [2.75, 3.05) is 0 Å². The summed E-state index contributed by atoms with van der Waals surface area (Å²) in [6, 6.07) is 11.5. The lowest BCUT2D eigenvalue weighted by Crippen LogP contribution is -2.26. The molecule has 2 aromatic rings. The van der Waals surface area contributed by atoms with Gasteiger partial charge in [0.15, 0.2) is 0 Å². The van der Waals surface area contributed by atoms with Crippen molar-refractivity contribution in [3.8, 4) is 5.75 Å². The molecule has 0 saturated heterocycles. The highest BCUT2D eigenvalue weighted by Gasteiger charge is 2.26. The molecule has 26 heavy (non-hydrogen) atoms. The van der Waals surface area contributed by atoms with Gasteiger partial charge in [0, 0.05) is 10.7 Å². The summed E-state index contributed by atoms with van der Waals surface area (Å²) in [6.07, 6.45) is 5.02. The largest absolute Gasteiger partial charge is 0.508 e. The van der Waals surface area contributed by atoms with E-state index < -0.39 is 0 Å². The summed E-state index contributed by atoms with van der Waals surface area (Å²) in [5.41, 5.74) is 1.95. The molecule has 3 rings (SSSR count). The molecule has 3 nitrogen and oxygen atoms in total. The first-order valence-corrected chi connectivity index (χ1v) is 11.8. The van der Waals surface area contributed by atoms with Crippen LogP contribution in [0.25, 0.3) is 0 Å². The average Bonchev–Trinajstić information content (AvgIpc) is 2.62. The van der Waals surface area contributed by atoms with Gasteiger partial charge in [0.05, 0.1) is 5.56 Å². The molecule has 0 bridgehead atoms. The summed E-state index contributed by atoms with van der Waals surface area (Å²) < 4.78 is 8.82. The van der Waals surface area contributed by atoms with Crippen LogP contribution in [0, 0.1) is 16.6 Å². The van der Waals surface area contributed by atoms with Crippen LogP contribution in [0.2, 0.25) is 0 Å². The van der Waals surface area contributed by atoms with Gasteiger partial charge in [-0.05, 0) is 136 Å². The number of hydrogen-bond donors (Lipinski definition) is 1. The van der Waals surface area contributed by atoms with Gasteiger partial charge in [-0.25, -0.2) is 4.79 Å². The van der Waals surface area contributed by atoms with E-state index in [0.717, 1.165) is 42.8 Å². The molecule has 138 valence electrons. The van der Waals surface area contributed by atoms with Crippen molar-refractivity contribution in [3.05, 3.63) is 58.2 Å². The van der Waals surface area contributed by atoms with Crippen LogP contribution in [0.15, 0.2) is 36.4 Å². The summed E-state index contributed by atoms with van der Waals surface area (Å²) in [4.78, 5) is 12.7. The van der Waals surface area contributed by atoms with Crippen LogP contribution in [-0.4, -0.2) is 17.2 Å². The number of carbonyl (C=O) groups excluding carboxylic acids is 1. The lowest BCUT2D eigenvalue weighted by Gasteiger charge is -2.28. The molecule has 1 saturated carbocycles. The van der Waals surface area contributed by atoms with E-state index in [-0.39, 0.29) is 12.1 Å². The number of benzene rings is 2. The van der Waals surface area contributed by atoms with E-state index in [1.54, 1.807) is 12.1 Å². The predicted molar refractivity (Wildman–Crippen MR) is 128 cm³/mol. The molecule has 2 aromatic carbocycles. The highest BCUT2D eigenvalue weighted by molar-refractivity contribution is 14.1. The fourth-order valence-corrected chi connectivity index (χ4v) is 5.67. The number of ether oxygens (including phenoxy) is 1. The minimum atomic E-state index is -0.195. The number of esters is 1. The van der Waals surface area contributed by atoms with E-state index in [9.17, 15) is 9.90 Å². The summed E-state index contributed by atoms with van der Waals surface area (Å²) in [5.74, 6) is 0.732.